The fraction of sp³-hybridized carbons (Fsp3) is 0.286. The van der Waals surface area contributed by atoms with Crippen molar-refractivity contribution in [3.8, 4) is 5.69 Å². The number of amides is 1. The molecule has 6 nitrogen and oxygen atoms in total. The molecule has 1 fully saturated rings. The van der Waals surface area contributed by atoms with Crippen LogP contribution < -0.4 is 5.32 Å². The predicted molar refractivity (Wildman–Crippen MR) is 101 cm³/mol. The van der Waals surface area contributed by atoms with Crippen molar-refractivity contribution in [3.05, 3.63) is 78.4 Å². The highest BCUT2D eigenvalue weighted by molar-refractivity contribution is 5.95. The van der Waals surface area contributed by atoms with E-state index in [1.165, 1.54) is 0 Å². The molecule has 0 bridgehead atoms. The second-order valence-corrected chi connectivity index (χ2v) is 7.03. The number of pyridine rings is 1. The Morgan fingerprint density at radius 2 is 2.00 bits per heavy atom. The van der Waals surface area contributed by atoms with E-state index in [0.29, 0.717) is 5.56 Å². The minimum absolute atomic E-state index is 0.0170. The van der Waals surface area contributed by atoms with E-state index in [4.69, 9.17) is 0 Å². The van der Waals surface area contributed by atoms with Gasteiger partial charge in [-0.1, -0.05) is 6.07 Å². The van der Waals surface area contributed by atoms with Gasteiger partial charge in [-0.2, -0.15) is 5.10 Å². The van der Waals surface area contributed by atoms with Gasteiger partial charge in [0.2, 0.25) is 0 Å². The number of carbonyl (C=O) groups is 1. The van der Waals surface area contributed by atoms with Gasteiger partial charge in [0.1, 0.15) is 0 Å². The highest BCUT2D eigenvalue weighted by Gasteiger charge is 2.34. The molecule has 1 aliphatic carbocycles. The largest absolute Gasteiger partial charge is 0.393 e. The fourth-order valence-electron chi connectivity index (χ4n) is 3.53. The van der Waals surface area contributed by atoms with Crippen LogP contribution in [-0.4, -0.2) is 37.9 Å². The summed E-state index contributed by atoms with van der Waals surface area (Å²) in [6.07, 6.45) is 9.00. The van der Waals surface area contributed by atoms with Crippen LogP contribution in [0.15, 0.2) is 67.3 Å². The second kappa shape index (κ2) is 7.72. The van der Waals surface area contributed by atoms with Crippen LogP contribution in [0.5, 0.6) is 0 Å². The predicted octanol–water partition coefficient (Wildman–Crippen LogP) is 2.38. The molecule has 3 aromatic rings. The smallest absolute Gasteiger partial charge is 0.251 e. The number of rotatable bonds is 6. The summed E-state index contributed by atoms with van der Waals surface area (Å²) in [7, 11) is 0. The quantitative estimate of drug-likeness (QED) is 0.706. The van der Waals surface area contributed by atoms with Gasteiger partial charge in [0, 0.05) is 36.4 Å². The van der Waals surface area contributed by atoms with Gasteiger partial charge in [0.25, 0.3) is 5.91 Å². The lowest BCUT2D eigenvalue weighted by molar-refractivity contribution is 0.0239. The Morgan fingerprint density at radius 3 is 2.70 bits per heavy atom. The van der Waals surface area contributed by atoms with E-state index in [9.17, 15) is 9.90 Å². The molecule has 0 saturated heterocycles. The summed E-state index contributed by atoms with van der Waals surface area (Å²) in [5.74, 6) is 0.177. The van der Waals surface area contributed by atoms with Crippen molar-refractivity contribution in [1.82, 2.24) is 20.1 Å². The average molecular weight is 362 g/mol. The summed E-state index contributed by atoms with van der Waals surface area (Å²) in [5.41, 5.74) is 2.57. The van der Waals surface area contributed by atoms with Crippen molar-refractivity contribution in [1.29, 1.82) is 0 Å². The van der Waals surface area contributed by atoms with E-state index in [2.05, 4.69) is 15.4 Å². The molecule has 0 radical (unpaired) electrons. The number of hydrogen-bond acceptors (Lipinski definition) is 4. The minimum atomic E-state index is -0.255. The van der Waals surface area contributed by atoms with E-state index in [-0.39, 0.29) is 24.0 Å². The van der Waals surface area contributed by atoms with Crippen molar-refractivity contribution in [2.75, 3.05) is 0 Å². The van der Waals surface area contributed by atoms with Crippen LogP contribution in [0.25, 0.3) is 5.69 Å². The molecule has 2 aromatic heterocycles. The Hall–Kier alpha value is -2.99. The first-order chi connectivity index (χ1) is 13.2. The molecule has 2 N–H and O–H groups in total. The molecule has 1 amide bonds. The van der Waals surface area contributed by atoms with Crippen molar-refractivity contribution >= 4 is 5.91 Å². The molecule has 1 unspecified atom stereocenters. The van der Waals surface area contributed by atoms with Gasteiger partial charge >= 0.3 is 0 Å². The van der Waals surface area contributed by atoms with Gasteiger partial charge < -0.3 is 10.4 Å². The third kappa shape index (κ3) is 4.06. The van der Waals surface area contributed by atoms with E-state index < -0.39 is 0 Å². The van der Waals surface area contributed by atoms with Crippen LogP contribution >= 0.6 is 0 Å². The van der Waals surface area contributed by atoms with Gasteiger partial charge in [-0.3, -0.25) is 9.78 Å². The maximum absolute atomic E-state index is 12.9. The summed E-state index contributed by atoms with van der Waals surface area (Å²) in [4.78, 5) is 16.9. The Morgan fingerprint density at radius 1 is 1.19 bits per heavy atom. The zero-order valence-electron chi connectivity index (χ0n) is 14.9. The number of aliphatic hydroxyl groups is 1. The third-order valence-electron chi connectivity index (χ3n) is 5.12. The summed E-state index contributed by atoms with van der Waals surface area (Å²) < 4.78 is 1.73. The van der Waals surface area contributed by atoms with Crippen LogP contribution in [0.1, 0.15) is 28.8 Å². The Labute approximate surface area is 157 Å². The lowest BCUT2D eigenvalue weighted by atomic mass is 9.75. The fourth-order valence-corrected chi connectivity index (χ4v) is 3.53. The normalized spacial score (nSPS) is 19.9. The van der Waals surface area contributed by atoms with Crippen molar-refractivity contribution in [2.45, 2.75) is 31.4 Å². The third-order valence-corrected chi connectivity index (χ3v) is 5.12. The highest BCUT2D eigenvalue weighted by atomic mass is 16.3. The first-order valence-corrected chi connectivity index (χ1v) is 9.17. The standard InChI is InChI=1S/C21H22N4O2/c26-19-13-17(14-19)20(11-15-5-8-22-9-6-15)24-21(27)16-3-1-4-18(12-16)25-10-2-7-23-25/h1-10,12,17,19-20,26H,11,13-14H2,(H,24,27). The molecule has 27 heavy (non-hydrogen) atoms. The first kappa shape index (κ1) is 17.4. The highest BCUT2D eigenvalue weighted by Crippen LogP contribution is 2.32. The molecular formula is C21H22N4O2. The van der Waals surface area contributed by atoms with E-state index >= 15 is 0 Å². The molecule has 2 heterocycles. The zero-order chi connectivity index (χ0) is 18.6. The SMILES string of the molecule is O=C(NC(Cc1ccncc1)C1CC(O)C1)c1cccc(-n2cccn2)c1. The van der Waals surface area contributed by atoms with Crippen LogP contribution in [-0.2, 0) is 6.42 Å². The molecular weight excluding hydrogens is 340 g/mol. The van der Waals surface area contributed by atoms with Crippen LogP contribution in [0.3, 0.4) is 0 Å². The van der Waals surface area contributed by atoms with Gasteiger partial charge in [-0.05, 0) is 67.1 Å². The lowest BCUT2D eigenvalue weighted by Gasteiger charge is -2.38. The first-order valence-electron chi connectivity index (χ1n) is 9.17. The van der Waals surface area contributed by atoms with Crippen LogP contribution in [0.2, 0.25) is 0 Å². The van der Waals surface area contributed by atoms with Crippen LogP contribution in [0.4, 0.5) is 0 Å². The number of aromatic nitrogens is 3. The van der Waals surface area contributed by atoms with Crippen molar-refractivity contribution in [2.24, 2.45) is 5.92 Å². The molecule has 0 spiro atoms. The van der Waals surface area contributed by atoms with Crippen molar-refractivity contribution in [3.63, 3.8) is 0 Å². The van der Waals surface area contributed by atoms with E-state index in [1.807, 2.05) is 42.6 Å². The van der Waals surface area contributed by atoms with Gasteiger partial charge in [0.15, 0.2) is 0 Å². The molecule has 4 rings (SSSR count). The Kier molecular flexibility index (Phi) is 4.98. The Balaban J connectivity index is 1.50. The number of aliphatic hydroxyl groups excluding tert-OH is 1. The molecule has 1 saturated carbocycles. The summed E-state index contributed by atoms with van der Waals surface area (Å²) >= 11 is 0. The van der Waals surface area contributed by atoms with Gasteiger partial charge in [0.05, 0.1) is 11.8 Å². The molecule has 0 aliphatic heterocycles. The molecule has 1 aromatic carbocycles. The Bertz CT molecular complexity index is 890. The van der Waals surface area contributed by atoms with E-state index in [0.717, 1.165) is 30.5 Å². The zero-order valence-corrected chi connectivity index (χ0v) is 14.9. The number of hydrogen-bond donors (Lipinski definition) is 2. The topological polar surface area (TPSA) is 80.0 Å². The summed E-state index contributed by atoms with van der Waals surface area (Å²) in [6, 6.07) is 13.2. The van der Waals surface area contributed by atoms with Gasteiger partial charge in [-0.15, -0.1) is 0 Å². The second-order valence-electron chi connectivity index (χ2n) is 7.03. The summed E-state index contributed by atoms with van der Waals surface area (Å²) in [5, 5.41) is 17.1. The molecule has 1 aliphatic rings. The number of nitrogens with one attached hydrogen (secondary N) is 1. The minimum Gasteiger partial charge on any atom is -0.393 e. The number of benzene rings is 1. The molecule has 6 heteroatoms. The monoisotopic (exact) mass is 362 g/mol. The molecule has 1 atom stereocenters. The number of nitrogens with zero attached hydrogens (tertiary/aromatic N) is 3. The van der Waals surface area contributed by atoms with Gasteiger partial charge in [-0.25, -0.2) is 4.68 Å². The average Bonchev–Trinajstić information content (AvgIpc) is 3.21. The van der Waals surface area contributed by atoms with Crippen molar-refractivity contribution < 1.29 is 9.90 Å². The lowest BCUT2D eigenvalue weighted by Crippen LogP contribution is -2.48. The number of carbonyl (C=O) groups excluding carboxylic acids is 1. The maximum atomic E-state index is 12.9. The van der Waals surface area contributed by atoms with E-state index in [1.54, 1.807) is 29.3 Å². The van der Waals surface area contributed by atoms with Crippen LogP contribution in [0, 0.1) is 5.92 Å². The summed E-state index contributed by atoms with van der Waals surface area (Å²) in [6.45, 7) is 0. The maximum Gasteiger partial charge on any atom is 0.251 e. The molecule has 138 valence electrons.